The molecule has 2 rings (SSSR count). The Bertz CT molecular complexity index is 606. The Morgan fingerprint density at radius 3 is 2.57 bits per heavy atom. The molecular weight excluding hydrogens is 264 g/mol. The summed E-state index contributed by atoms with van der Waals surface area (Å²) < 4.78 is 5.88. The molecule has 0 aromatic carbocycles. The first kappa shape index (κ1) is 15.2. The summed E-state index contributed by atoms with van der Waals surface area (Å²) in [5.41, 5.74) is 0.749. The summed E-state index contributed by atoms with van der Waals surface area (Å²) in [6, 6.07) is 3.69. The molecule has 0 aliphatic heterocycles. The van der Waals surface area contributed by atoms with Crippen LogP contribution in [0.5, 0.6) is 11.6 Å². The van der Waals surface area contributed by atoms with E-state index in [9.17, 15) is 0 Å². The van der Waals surface area contributed by atoms with Crippen LogP contribution < -0.4 is 10.1 Å². The van der Waals surface area contributed by atoms with Gasteiger partial charge in [-0.15, -0.1) is 0 Å². The first-order valence-corrected chi connectivity index (χ1v) is 7.12. The highest BCUT2D eigenvalue weighted by atomic mass is 16.5. The van der Waals surface area contributed by atoms with E-state index in [-0.39, 0.29) is 5.41 Å². The van der Waals surface area contributed by atoms with Crippen molar-refractivity contribution in [3.05, 3.63) is 35.9 Å². The molecule has 0 radical (unpaired) electrons. The van der Waals surface area contributed by atoms with E-state index in [1.807, 2.05) is 26.0 Å². The van der Waals surface area contributed by atoms with Gasteiger partial charge >= 0.3 is 0 Å². The lowest BCUT2D eigenvalue weighted by atomic mass is 9.95. The first-order chi connectivity index (χ1) is 9.91. The van der Waals surface area contributed by atoms with E-state index in [2.05, 4.69) is 41.0 Å². The quantitative estimate of drug-likeness (QED) is 0.928. The van der Waals surface area contributed by atoms with Crippen LogP contribution in [0.25, 0.3) is 0 Å². The minimum atomic E-state index is -0.148. The van der Waals surface area contributed by atoms with Crippen molar-refractivity contribution in [3.8, 4) is 11.6 Å². The zero-order chi connectivity index (χ0) is 15.5. The fourth-order valence-corrected chi connectivity index (χ4v) is 1.79. The Hall–Kier alpha value is -2.17. The van der Waals surface area contributed by atoms with Crippen LogP contribution in [0.3, 0.4) is 0 Å². The molecule has 0 amide bonds. The number of pyridine rings is 1. The summed E-state index contributed by atoms with van der Waals surface area (Å²) in [5.74, 6) is 2.81. The van der Waals surface area contributed by atoms with Gasteiger partial charge in [-0.1, -0.05) is 20.8 Å². The van der Waals surface area contributed by atoms with Crippen LogP contribution in [0.4, 0.5) is 5.82 Å². The topological polar surface area (TPSA) is 59.9 Å². The van der Waals surface area contributed by atoms with Crippen LogP contribution in [0, 0.1) is 6.92 Å². The van der Waals surface area contributed by atoms with Gasteiger partial charge < -0.3 is 10.1 Å². The SMILES string of the molecule is CCNc1nc(C(C)(C)C)nc(Oc2cccnc2)c1C. The number of aromatic nitrogens is 3. The van der Waals surface area contributed by atoms with Crippen molar-refractivity contribution in [1.29, 1.82) is 0 Å². The monoisotopic (exact) mass is 286 g/mol. The molecule has 0 saturated heterocycles. The summed E-state index contributed by atoms with van der Waals surface area (Å²) in [6.45, 7) is 11.0. The predicted octanol–water partition coefficient (Wildman–Crippen LogP) is 3.70. The standard InChI is InChI=1S/C16H22N4O/c1-6-18-13-11(2)14(20-15(19-13)16(3,4)5)21-12-8-7-9-17-10-12/h7-10H,6H2,1-5H3,(H,18,19,20). The third kappa shape index (κ3) is 3.68. The molecule has 21 heavy (non-hydrogen) atoms. The maximum absolute atomic E-state index is 5.88. The Balaban J connectivity index is 2.45. The van der Waals surface area contributed by atoms with Gasteiger partial charge in [0.1, 0.15) is 17.4 Å². The molecule has 2 heterocycles. The van der Waals surface area contributed by atoms with Crippen molar-refractivity contribution in [2.24, 2.45) is 0 Å². The highest BCUT2D eigenvalue weighted by molar-refractivity contribution is 5.50. The number of rotatable bonds is 4. The minimum absolute atomic E-state index is 0.148. The molecule has 1 N–H and O–H groups in total. The maximum atomic E-state index is 5.88. The van der Waals surface area contributed by atoms with E-state index in [0.717, 1.165) is 23.8 Å². The summed E-state index contributed by atoms with van der Waals surface area (Å²) in [6.07, 6.45) is 3.38. The van der Waals surface area contributed by atoms with Crippen LogP contribution in [-0.2, 0) is 5.41 Å². The molecular formula is C16H22N4O. The number of nitrogens with zero attached hydrogens (tertiary/aromatic N) is 3. The molecule has 5 heteroatoms. The minimum Gasteiger partial charge on any atom is -0.437 e. The van der Waals surface area contributed by atoms with E-state index < -0.39 is 0 Å². The maximum Gasteiger partial charge on any atom is 0.227 e. The number of hydrogen-bond acceptors (Lipinski definition) is 5. The molecule has 112 valence electrons. The summed E-state index contributed by atoms with van der Waals surface area (Å²) in [4.78, 5) is 13.3. The fraction of sp³-hybridized carbons (Fsp3) is 0.438. The number of ether oxygens (including phenoxy) is 1. The van der Waals surface area contributed by atoms with Crippen LogP contribution >= 0.6 is 0 Å². The lowest BCUT2D eigenvalue weighted by Crippen LogP contribution is -2.18. The molecule has 0 fully saturated rings. The zero-order valence-corrected chi connectivity index (χ0v) is 13.3. The normalized spacial score (nSPS) is 11.3. The van der Waals surface area contributed by atoms with Crippen molar-refractivity contribution in [1.82, 2.24) is 15.0 Å². The van der Waals surface area contributed by atoms with Gasteiger partial charge in [0.25, 0.3) is 0 Å². The average molecular weight is 286 g/mol. The summed E-state index contributed by atoms with van der Waals surface area (Å²) in [5, 5.41) is 3.27. The Morgan fingerprint density at radius 2 is 2.00 bits per heavy atom. The van der Waals surface area contributed by atoms with Crippen molar-refractivity contribution in [2.45, 2.75) is 40.0 Å². The lowest BCUT2D eigenvalue weighted by molar-refractivity contribution is 0.441. The molecule has 0 aliphatic carbocycles. The molecule has 0 aliphatic rings. The van der Waals surface area contributed by atoms with E-state index in [4.69, 9.17) is 4.74 Å². The third-order valence-electron chi connectivity index (χ3n) is 2.97. The Morgan fingerprint density at radius 1 is 1.24 bits per heavy atom. The summed E-state index contributed by atoms with van der Waals surface area (Å²) >= 11 is 0. The average Bonchev–Trinajstić information content (AvgIpc) is 2.43. The second-order valence-electron chi connectivity index (χ2n) is 5.90. The molecule has 0 spiro atoms. The van der Waals surface area contributed by atoms with Crippen molar-refractivity contribution in [3.63, 3.8) is 0 Å². The van der Waals surface area contributed by atoms with Crippen LogP contribution in [0.1, 0.15) is 39.1 Å². The highest BCUT2D eigenvalue weighted by Gasteiger charge is 2.22. The molecule has 2 aromatic heterocycles. The van der Waals surface area contributed by atoms with Gasteiger partial charge in [-0.25, -0.2) is 4.98 Å². The Kier molecular flexibility index (Phi) is 4.40. The number of nitrogens with one attached hydrogen (secondary N) is 1. The smallest absolute Gasteiger partial charge is 0.227 e. The molecule has 2 aromatic rings. The van der Waals surface area contributed by atoms with Crippen molar-refractivity contribution >= 4 is 5.82 Å². The predicted molar refractivity (Wildman–Crippen MR) is 83.9 cm³/mol. The molecule has 0 unspecified atom stereocenters. The van der Waals surface area contributed by atoms with Crippen molar-refractivity contribution < 1.29 is 4.74 Å². The second-order valence-corrected chi connectivity index (χ2v) is 5.90. The lowest BCUT2D eigenvalue weighted by Gasteiger charge is -2.20. The third-order valence-corrected chi connectivity index (χ3v) is 2.97. The van der Waals surface area contributed by atoms with Crippen LogP contribution in [-0.4, -0.2) is 21.5 Å². The van der Waals surface area contributed by atoms with Gasteiger partial charge in [-0.3, -0.25) is 4.98 Å². The van der Waals surface area contributed by atoms with E-state index in [0.29, 0.717) is 11.6 Å². The number of hydrogen-bond donors (Lipinski definition) is 1. The van der Waals surface area contributed by atoms with E-state index in [1.54, 1.807) is 12.4 Å². The zero-order valence-electron chi connectivity index (χ0n) is 13.3. The second kappa shape index (κ2) is 6.08. The van der Waals surface area contributed by atoms with Crippen molar-refractivity contribution in [2.75, 3.05) is 11.9 Å². The Labute approximate surface area is 125 Å². The molecule has 0 bridgehead atoms. The fourth-order valence-electron chi connectivity index (χ4n) is 1.79. The molecule has 0 saturated carbocycles. The highest BCUT2D eigenvalue weighted by Crippen LogP contribution is 2.30. The number of anilines is 1. The van der Waals surface area contributed by atoms with Gasteiger partial charge in [0.05, 0.1) is 11.8 Å². The first-order valence-electron chi connectivity index (χ1n) is 7.12. The van der Waals surface area contributed by atoms with Gasteiger partial charge in [-0.2, -0.15) is 4.98 Å². The van der Waals surface area contributed by atoms with Gasteiger partial charge in [0, 0.05) is 18.2 Å². The van der Waals surface area contributed by atoms with Crippen LogP contribution in [0.15, 0.2) is 24.5 Å². The van der Waals surface area contributed by atoms with E-state index >= 15 is 0 Å². The van der Waals surface area contributed by atoms with Gasteiger partial charge in [0.2, 0.25) is 5.88 Å². The van der Waals surface area contributed by atoms with E-state index in [1.165, 1.54) is 0 Å². The van der Waals surface area contributed by atoms with Gasteiger partial charge in [0.15, 0.2) is 0 Å². The largest absolute Gasteiger partial charge is 0.437 e. The van der Waals surface area contributed by atoms with Crippen LogP contribution in [0.2, 0.25) is 0 Å². The van der Waals surface area contributed by atoms with Gasteiger partial charge in [-0.05, 0) is 26.0 Å². The molecule has 0 atom stereocenters. The molecule has 5 nitrogen and oxygen atoms in total. The summed E-state index contributed by atoms with van der Waals surface area (Å²) in [7, 11) is 0.